The molecule has 2 heterocycles. The number of thiazole rings is 1. The number of aromatic nitrogens is 3. The van der Waals surface area contributed by atoms with E-state index in [1.165, 1.54) is 21.6 Å². The molecular weight excluding hydrogens is 442 g/mol. The standard InChI is InChI=1S/C27H31N5OS/c1-17(2)33-24-11-8-18(14-23(24)28-3)27-32-15-25(34-27)21-7-5-4-6-20-19(21)9-10-22(20)31-16-26-29-12-13-30-26/h4,6-8,11-15,17,22,28,31H,5,9-10,16H2,1-3H3,(H,29,30)/t22-/m0/s1. The Balaban J connectivity index is 1.38. The van der Waals surface area contributed by atoms with Crippen LogP contribution in [0.2, 0.25) is 0 Å². The van der Waals surface area contributed by atoms with Gasteiger partial charge in [0.1, 0.15) is 16.6 Å². The van der Waals surface area contributed by atoms with Crippen LogP contribution in [0.15, 0.2) is 66.2 Å². The van der Waals surface area contributed by atoms with Crippen molar-refractivity contribution in [3.63, 3.8) is 0 Å². The number of imidazole rings is 1. The summed E-state index contributed by atoms with van der Waals surface area (Å²) in [5.41, 5.74) is 6.25. The van der Waals surface area contributed by atoms with Crippen molar-refractivity contribution in [2.24, 2.45) is 0 Å². The fourth-order valence-electron chi connectivity index (χ4n) is 4.63. The Kier molecular flexibility index (Phi) is 6.65. The maximum absolute atomic E-state index is 5.93. The first-order chi connectivity index (χ1) is 16.6. The summed E-state index contributed by atoms with van der Waals surface area (Å²) in [6, 6.07) is 6.60. The van der Waals surface area contributed by atoms with Gasteiger partial charge in [0.25, 0.3) is 0 Å². The minimum atomic E-state index is 0.131. The number of H-pyrrole nitrogens is 1. The number of nitrogens with one attached hydrogen (secondary N) is 3. The predicted molar refractivity (Wildman–Crippen MR) is 140 cm³/mol. The molecule has 0 aliphatic heterocycles. The van der Waals surface area contributed by atoms with Gasteiger partial charge in [-0.25, -0.2) is 9.97 Å². The first-order valence-corrected chi connectivity index (χ1v) is 12.7. The molecule has 3 N–H and O–H groups in total. The molecule has 2 aliphatic rings. The molecule has 0 saturated carbocycles. The molecule has 2 aliphatic carbocycles. The highest BCUT2D eigenvalue weighted by Crippen LogP contribution is 2.42. The highest BCUT2D eigenvalue weighted by Gasteiger charge is 2.28. The summed E-state index contributed by atoms with van der Waals surface area (Å²) in [6.07, 6.45) is 15.9. The number of aromatic amines is 1. The zero-order chi connectivity index (χ0) is 23.5. The molecule has 0 unspecified atom stereocenters. The smallest absolute Gasteiger partial charge is 0.142 e. The summed E-state index contributed by atoms with van der Waals surface area (Å²) in [5.74, 6) is 1.84. The molecule has 0 spiro atoms. The lowest BCUT2D eigenvalue weighted by atomic mass is 10.0. The van der Waals surface area contributed by atoms with E-state index >= 15 is 0 Å². The fourth-order valence-corrected chi connectivity index (χ4v) is 5.61. The van der Waals surface area contributed by atoms with Gasteiger partial charge in [0.15, 0.2) is 0 Å². The van der Waals surface area contributed by atoms with Crippen LogP contribution in [-0.4, -0.2) is 34.1 Å². The fraction of sp³-hybridized carbons (Fsp3) is 0.333. The van der Waals surface area contributed by atoms with Gasteiger partial charge in [-0.1, -0.05) is 18.2 Å². The van der Waals surface area contributed by atoms with Crippen molar-refractivity contribution in [2.75, 3.05) is 12.4 Å². The Morgan fingerprint density at radius 1 is 1.26 bits per heavy atom. The van der Waals surface area contributed by atoms with Gasteiger partial charge in [-0.05, 0) is 68.0 Å². The van der Waals surface area contributed by atoms with E-state index in [4.69, 9.17) is 9.72 Å². The maximum Gasteiger partial charge on any atom is 0.142 e. The monoisotopic (exact) mass is 473 g/mol. The normalized spacial score (nSPS) is 17.6. The molecule has 2 aromatic heterocycles. The molecular formula is C27H31N5OS. The van der Waals surface area contributed by atoms with E-state index in [9.17, 15) is 0 Å². The summed E-state index contributed by atoms with van der Waals surface area (Å²) in [6.45, 7) is 4.83. The molecule has 6 nitrogen and oxygen atoms in total. The number of rotatable bonds is 8. The van der Waals surface area contributed by atoms with E-state index in [-0.39, 0.29) is 6.10 Å². The van der Waals surface area contributed by atoms with Crippen molar-refractivity contribution >= 4 is 22.6 Å². The molecule has 1 atom stereocenters. The Morgan fingerprint density at radius 2 is 2.18 bits per heavy atom. The Hall–Kier alpha value is -3.16. The number of hydrogen-bond donors (Lipinski definition) is 3. The lowest BCUT2D eigenvalue weighted by Gasteiger charge is -2.14. The van der Waals surface area contributed by atoms with Crippen LogP contribution >= 0.6 is 11.3 Å². The lowest BCUT2D eigenvalue weighted by molar-refractivity contribution is 0.244. The first-order valence-electron chi connectivity index (χ1n) is 11.9. The molecule has 1 aromatic carbocycles. The van der Waals surface area contributed by atoms with Crippen LogP contribution in [0, 0.1) is 0 Å². The molecule has 7 heteroatoms. The quantitative estimate of drug-likeness (QED) is 0.377. The molecule has 0 saturated heterocycles. The van der Waals surface area contributed by atoms with Crippen LogP contribution in [0.1, 0.15) is 43.8 Å². The molecule has 176 valence electrons. The van der Waals surface area contributed by atoms with Crippen molar-refractivity contribution in [1.82, 2.24) is 20.3 Å². The van der Waals surface area contributed by atoms with Gasteiger partial charge in [0, 0.05) is 37.2 Å². The van der Waals surface area contributed by atoms with Crippen LogP contribution in [0.5, 0.6) is 5.75 Å². The number of ether oxygens (including phenoxy) is 1. The van der Waals surface area contributed by atoms with E-state index in [1.54, 1.807) is 17.5 Å². The average Bonchev–Trinajstić information content (AvgIpc) is 3.58. The Labute approximate surface area is 204 Å². The Bertz CT molecular complexity index is 1240. The largest absolute Gasteiger partial charge is 0.489 e. The highest BCUT2D eigenvalue weighted by atomic mass is 32.1. The van der Waals surface area contributed by atoms with Gasteiger partial charge in [0.2, 0.25) is 0 Å². The van der Waals surface area contributed by atoms with Crippen molar-refractivity contribution in [3.8, 4) is 16.3 Å². The molecule has 3 aromatic rings. The zero-order valence-electron chi connectivity index (χ0n) is 19.9. The molecule has 0 fully saturated rings. The van der Waals surface area contributed by atoms with Gasteiger partial charge in [-0.15, -0.1) is 11.3 Å². The summed E-state index contributed by atoms with van der Waals surface area (Å²) in [5, 5.41) is 7.96. The van der Waals surface area contributed by atoms with Crippen molar-refractivity contribution in [1.29, 1.82) is 0 Å². The van der Waals surface area contributed by atoms with Gasteiger partial charge < -0.3 is 20.4 Å². The summed E-state index contributed by atoms with van der Waals surface area (Å²) in [4.78, 5) is 13.6. The van der Waals surface area contributed by atoms with Crippen LogP contribution in [0.3, 0.4) is 0 Å². The van der Waals surface area contributed by atoms with Gasteiger partial charge in [-0.2, -0.15) is 0 Å². The summed E-state index contributed by atoms with van der Waals surface area (Å²) < 4.78 is 5.93. The number of hydrogen-bond acceptors (Lipinski definition) is 6. The molecule has 34 heavy (non-hydrogen) atoms. The SMILES string of the molecule is CNc1cc(-c2ncc(C3=CCC=CC4=C3CC[C@@H]4NCc3ncc[nH]3)s2)ccc1OC(C)C. The third-order valence-electron chi connectivity index (χ3n) is 6.19. The predicted octanol–water partition coefficient (Wildman–Crippen LogP) is 5.95. The van der Waals surface area contributed by atoms with Crippen molar-refractivity contribution in [3.05, 3.63) is 76.9 Å². The highest BCUT2D eigenvalue weighted by molar-refractivity contribution is 7.16. The molecule has 0 radical (unpaired) electrons. The summed E-state index contributed by atoms with van der Waals surface area (Å²) >= 11 is 1.76. The maximum atomic E-state index is 5.93. The second-order valence-electron chi connectivity index (χ2n) is 8.86. The van der Waals surface area contributed by atoms with Crippen LogP contribution in [-0.2, 0) is 6.54 Å². The molecule has 5 rings (SSSR count). The van der Waals surface area contributed by atoms with Gasteiger partial charge in [0.05, 0.1) is 23.2 Å². The lowest BCUT2D eigenvalue weighted by Crippen LogP contribution is -2.28. The average molecular weight is 474 g/mol. The number of anilines is 1. The minimum Gasteiger partial charge on any atom is -0.489 e. The van der Waals surface area contributed by atoms with E-state index in [0.29, 0.717) is 6.04 Å². The molecule has 0 amide bonds. The van der Waals surface area contributed by atoms with E-state index in [2.05, 4.69) is 51.0 Å². The molecule has 0 bridgehead atoms. The van der Waals surface area contributed by atoms with Crippen molar-refractivity contribution in [2.45, 2.75) is 51.8 Å². The Morgan fingerprint density at radius 3 is 2.97 bits per heavy atom. The number of nitrogens with zero attached hydrogens (tertiary/aromatic N) is 2. The first kappa shape index (κ1) is 22.6. The van der Waals surface area contributed by atoms with Crippen LogP contribution in [0.4, 0.5) is 5.69 Å². The third kappa shape index (κ3) is 4.72. The van der Waals surface area contributed by atoms with Gasteiger partial charge in [-0.3, -0.25) is 0 Å². The number of allylic oxidation sites excluding steroid dienone is 4. The zero-order valence-corrected chi connectivity index (χ0v) is 20.7. The third-order valence-corrected chi connectivity index (χ3v) is 7.27. The van der Waals surface area contributed by atoms with Crippen LogP contribution < -0.4 is 15.4 Å². The minimum absolute atomic E-state index is 0.131. The van der Waals surface area contributed by atoms with E-state index < -0.39 is 0 Å². The van der Waals surface area contributed by atoms with Gasteiger partial charge >= 0.3 is 0 Å². The van der Waals surface area contributed by atoms with E-state index in [0.717, 1.165) is 53.6 Å². The second kappa shape index (κ2) is 9.99. The second-order valence-corrected chi connectivity index (χ2v) is 9.89. The van der Waals surface area contributed by atoms with Crippen molar-refractivity contribution < 1.29 is 4.74 Å². The van der Waals surface area contributed by atoms with E-state index in [1.807, 2.05) is 39.4 Å². The number of benzene rings is 1. The van der Waals surface area contributed by atoms with Crippen LogP contribution in [0.25, 0.3) is 16.1 Å². The topological polar surface area (TPSA) is 74.9 Å². The summed E-state index contributed by atoms with van der Waals surface area (Å²) in [7, 11) is 1.92.